The Labute approximate surface area is 234 Å². The van der Waals surface area contributed by atoms with Crippen molar-refractivity contribution in [3.63, 3.8) is 0 Å². The second-order valence-electron chi connectivity index (χ2n) is 9.95. The fraction of sp³-hybridized carbons (Fsp3) is 0.281. The molecule has 40 heavy (non-hydrogen) atoms. The van der Waals surface area contributed by atoms with Crippen LogP contribution in [0.2, 0.25) is 0 Å². The van der Waals surface area contributed by atoms with E-state index in [1.165, 1.54) is 13.8 Å². The van der Waals surface area contributed by atoms with Gasteiger partial charge in [0.25, 0.3) is 0 Å². The predicted molar refractivity (Wildman–Crippen MR) is 152 cm³/mol. The molecule has 0 amide bonds. The Morgan fingerprint density at radius 1 is 0.875 bits per heavy atom. The van der Waals surface area contributed by atoms with Crippen molar-refractivity contribution in [2.45, 2.75) is 45.3 Å². The molecule has 8 heteroatoms. The number of aliphatic carboxylic acids is 1. The molecule has 3 aromatic carbocycles. The lowest BCUT2D eigenvalue weighted by atomic mass is 10.1. The van der Waals surface area contributed by atoms with Crippen LogP contribution in [0.1, 0.15) is 48.4 Å². The molecular formula is C32H34N2O6. The number of aromatic nitrogens is 2. The molecule has 0 aliphatic carbocycles. The number of carboxylic acid groups (broad SMARTS) is 1. The van der Waals surface area contributed by atoms with E-state index in [9.17, 15) is 14.7 Å². The largest absolute Gasteiger partial charge is 0.497 e. The smallest absolute Gasteiger partial charge is 0.347 e. The minimum atomic E-state index is -1.31. The van der Waals surface area contributed by atoms with Gasteiger partial charge in [-0.1, -0.05) is 24.3 Å². The SMILES string of the molecule is COc1ccc(-c2cn(CCCCc3cccc(OC(C)(C)C(=O)O)c3)c(C(=O)c3cccc(OC)c3)n2)cc1. The topological polar surface area (TPSA) is 99.9 Å². The minimum Gasteiger partial charge on any atom is -0.497 e. The molecule has 0 fully saturated rings. The highest BCUT2D eigenvalue weighted by atomic mass is 16.5. The molecule has 0 atom stereocenters. The molecule has 0 saturated carbocycles. The van der Waals surface area contributed by atoms with Crippen LogP contribution in [0.5, 0.6) is 17.2 Å². The average Bonchev–Trinajstić information content (AvgIpc) is 3.39. The van der Waals surface area contributed by atoms with Gasteiger partial charge in [-0.05, 0) is 87.2 Å². The number of rotatable bonds is 13. The lowest BCUT2D eigenvalue weighted by Crippen LogP contribution is -2.37. The van der Waals surface area contributed by atoms with Gasteiger partial charge in [0.2, 0.25) is 5.78 Å². The number of hydrogen-bond donors (Lipinski definition) is 1. The first-order chi connectivity index (χ1) is 19.2. The van der Waals surface area contributed by atoms with Gasteiger partial charge in [-0.15, -0.1) is 0 Å². The number of benzene rings is 3. The first kappa shape index (κ1) is 28.4. The molecule has 1 N–H and O–H groups in total. The number of carbonyl (C=O) groups excluding carboxylic acids is 1. The van der Waals surface area contributed by atoms with E-state index in [0.717, 1.165) is 36.1 Å². The Kier molecular flexibility index (Phi) is 8.89. The van der Waals surface area contributed by atoms with Gasteiger partial charge in [0.05, 0.1) is 19.9 Å². The zero-order valence-corrected chi connectivity index (χ0v) is 23.2. The lowest BCUT2D eigenvalue weighted by Gasteiger charge is -2.21. The van der Waals surface area contributed by atoms with Crippen LogP contribution in [0.3, 0.4) is 0 Å². The zero-order chi connectivity index (χ0) is 28.7. The second-order valence-corrected chi connectivity index (χ2v) is 9.95. The molecule has 0 unspecified atom stereocenters. The minimum absolute atomic E-state index is 0.176. The summed E-state index contributed by atoms with van der Waals surface area (Å²) in [4.78, 5) is 29.7. The Bertz CT molecular complexity index is 1470. The number of carbonyl (C=O) groups is 2. The van der Waals surface area contributed by atoms with Crippen molar-refractivity contribution in [2.24, 2.45) is 0 Å². The van der Waals surface area contributed by atoms with Crippen LogP contribution in [0.4, 0.5) is 0 Å². The number of imidazole rings is 1. The highest BCUT2D eigenvalue weighted by Crippen LogP contribution is 2.25. The summed E-state index contributed by atoms with van der Waals surface area (Å²) in [6.07, 6.45) is 4.36. The quantitative estimate of drug-likeness (QED) is 0.162. The normalized spacial score (nSPS) is 11.2. The number of nitrogens with zero attached hydrogens (tertiary/aromatic N) is 2. The van der Waals surface area contributed by atoms with Gasteiger partial charge in [-0.3, -0.25) is 4.79 Å². The molecule has 0 aliphatic rings. The van der Waals surface area contributed by atoms with Crippen LogP contribution < -0.4 is 14.2 Å². The Hall–Kier alpha value is -4.59. The molecule has 1 aromatic heterocycles. The van der Waals surface area contributed by atoms with Crippen molar-refractivity contribution in [1.82, 2.24) is 9.55 Å². The molecular weight excluding hydrogens is 508 g/mol. The summed E-state index contributed by atoms with van der Waals surface area (Å²) in [6, 6.07) is 22.2. The van der Waals surface area contributed by atoms with Gasteiger partial charge < -0.3 is 23.9 Å². The van der Waals surface area contributed by atoms with Gasteiger partial charge in [-0.2, -0.15) is 0 Å². The molecule has 8 nitrogen and oxygen atoms in total. The molecule has 0 bridgehead atoms. The van der Waals surface area contributed by atoms with Crippen molar-refractivity contribution in [1.29, 1.82) is 0 Å². The number of carboxylic acids is 1. The van der Waals surface area contributed by atoms with Crippen LogP contribution in [-0.2, 0) is 17.8 Å². The van der Waals surface area contributed by atoms with Crippen molar-refractivity contribution in [2.75, 3.05) is 14.2 Å². The monoisotopic (exact) mass is 542 g/mol. The van der Waals surface area contributed by atoms with Crippen molar-refractivity contribution in [3.05, 3.63) is 95.9 Å². The van der Waals surface area contributed by atoms with Crippen LogP contribution >= 0.6 is 0 Å². The van der Waals surface area contributed by atoms with Crippen molar-refractivity contribution < 1.29 is 28.9 Å². The van der Waals surface area contributed by atoms with Crippen LogP contribution in [-0.4, -0.2) is 46.2 Å². The molecule has 0 spiro atoms. The summed E-state index contributed by atoms with van der Waals surface area (Å²) in [7, 11) is 3.19. The molecule has 4 rings (SSSR count). The van der Waals surface area contributed by atoms with Gasteiger partial charge >= 0.3 is 5.97 Å². The molecule has 1 heterocycles. The highest BCUT2D eigenvalue weighted by molar-refractivity contribution is 6.07. The summed E-state index contributed by atoms with van der Waals surface area (Å²) in [6.45, 7) is 3.66. The first-order valence-corrected chi connectivity index (χ1v) is 13.1. The van der Waals surface area contributed by atoms with Gasteiger partial charge in [0.15, 0.2) is 11.4 Å². The van der Waals surface area contributed by atoms with Crippen molar-refractivity contribution >= 4 is 11.8 Å². The average molecular weight is 543 g/mol. The number of hydrogen-bond acceptors (Lipinski definition) is 6. The van der Waals surface area contributed by atoms with E-state index in [-0.39, 0.29) is 5.78 Å². The summed E-state index contributed by atoms with van der Waals surface area (Å²) in [5.74, 6) is 1.05. The number of unbranched alkanes of at least 4 members (excludes halogenated alkanes) is 1. The number of aryl methyl sites for hydroxylation is 2. The van der Waals surface area contributed by atoms with Crippen molar-refractivity contribution in [3.8, 4) is 28.5 Å². The van der Waals surface area contributed by atoms with Gasteiger partial charge in [0, 0.05) is 23.9 Å². The first-order valence-electron chi connectivity index (χ1n) is 13.1. The molecule has 4 aromatic rings. The number of methoxy groups -OCH3 is 2. The van der Waals surface area contributed by atoms with E-state index in [4.69, 9.17) is 19.2 Å². The molecule has 0 saturated heterocycles. The number of ketones is 1. The third kappa shape index (κ3) is 6.88. The Balaban J connectivity index is 1.50. The maximum absolute atomic E-state index is 13.5. The third-order valence-corrected chi connectivity index (χ3v) is 6.60. The van der Waals surface area contributed by atoms with E-state index >= 15 is 0 Å². The summed E-state index contributed by atoms with van der Waals surface area (Å²) < 4.78 is 18.2. The van der Waals surface area contributed by atoms with E-state index < -0.39 is 11.6 Å². The number of ether oxygens (including phenoxy) is 3. The maximum atomic E-state index is 13.5. The van der Waals surface area contributed by atoms with E-state index in [2.05, 4.69) is 0 Å². The van der Waals surface area contributed by atoms with Crippen LogP contribution in [0.25, 0.3) is 11.3 Å². The fourth-order valence-corrected chi connectivity index (χ4v) is 4.28. The highest BCUT2D eigenvalue weighted by Gasteiger charge is 2.29. The zero-order valence-electron chi connectivity index (χ0n) is 23.2. The summed E-state index contributed by atoms with van der Waals surface area (Å²) >= 11 is 0. The van der Waals surface area contributed by atoms with E-state index in [1.54, 1.807) is 44.6 Å². The molecule has 0 aliphatic heterocycles. The summed E-state index contributed by atoms with van der Waals surface area (Å²) in [5, 5.41) is 9.34. The third-order valence-electron chi connectivity index (χ3n) is 6.60. The molecule has 208 valence electrons. The van der Waals surface area contributed by atoms with Gasteiger partial charge in [-0.25, -0.2) is 9.78 Å². The summed E-state index contributed by atoms with van der Waals surface area (Å²) in [5.41, 5.74) is 1.84. The lowest BCUT2D eigenvalue weighted by molar-refractivity contribution is -0.152. The maximum Gasteiger partial charge on any atom is 0.347 e. The predicted octanol–water partition coefficient (Wildman–Crippen LogP) is 6.06. The van der Waals surface area contributed by atoms with Crippen LogP contribution in [0.15, 0.2) is 79.0 Å². The Morgan fingerprint density at radius 2 is 1.57 bits per heavy atom. The van der Waals surface area contributed by atoms with Gasteiger partial charge in [0.1, 0.15) is 17.2 Å². The fourth-order valence-electron chi connectivity index (χ4n) is 4.28. The second kappa shape index (κ2) is 12.5. The molecule has 0 radical (unpaired) electrons. The Morgan fingerprint density at radius 3 is 2.27 bits per heavy atom. The standard InChI is InChI=1S/C32H34N2O6/c1-32(2,31(36)37)40-27-13-7-10-22(19-27)9-5-6-18-34-21-28(23-14-16-25(38-3)17-15-23)33-30(34)29(35)24-11-8-12-26(20-24)39-4/h7-8,10-17,19-21H,5-6,9,18H2,1-4H3,(H,36,37). The van der Waals surface area contributed by atoms with Crippen LogP contribution in [0, 0.1) is 0 Å². The van der Waals surface area contributed by atoms with E-state index in [1.807, 2.05) is 53.2 Å². The van der Waals surface area contributed by atoms with E-state index in [0.29, 0.717) is 35.1 Å².